The molecule has 156 valence electrons. The van der Waals surface area contributed by atoms with Gasteiger partial charge in [-0.05, 0) is 63.1 Å². The van der Waals surface area contributed by atoms with Crippen LogP contribution < -0.4 is 5.32 Å². The normalized spacial score (nSPS) is 20.6. The third kappa shape index (κ3) is 3.83. The van der Waals surface area contributed by atoms with Gasteiger partial charge < -0.3 is 14.8 Å². The van der Waals surface area contributed by atoms with Gasteiger partial charge in [-0.2, -0.15) is 0 Å². The van der Waals surface area contributed by atoms with Gasteiger partial charge in [0, 0.05) is 11.6 Å². The fourth-order valence-electron chi connectivity index (χ4n) is 3.63. The van der Waals surface area contributed by atoms with Gasteiger partial charge in [0.05, 0.1) is 23.2 Å². The SMILES string of the molecule is CC1C=CC(c2coc(C3=Nc4ccc(C(=O)O)cc4NC3N(C)C(C)C)c2)=CC1. The molecule has 1 aromatic carbocycles. The maximum absolute atomic E-state index is 11.4. The van der Waals surface area contributed by atoms with E-state index in [1.807, 2.05) is 13.1 Å². The smallest absolute Gasteiger partial charge is 0.335 e. The Balaban J connectivity index is 1.74. The second kappa shape index (κ2) is 7.95. The van der Waals surface area contributed by atoms with Gasteiger partial charge in [0.25, 0.3) is 0 Å². The second-order valence-corrected chi connectivity index (χ2v) is 8.27. The summed E-state index contributed by atoms with van der Waals surface area (Å²) in [5.74, 6) is 0.307. The molecule has 2 aliphatic rings. The molecule has 2 unspecified atom stereocenters. The molecule has 0 bridgehead atoms. The number of carboxylic acids is 1. The van der Waals surface area contributed by atoms with E-state index in [1.165, 1.54) is 0 Å². The van der Waals surface area contributed by atoms with Crippen LogP contribution in [0, 0.1) is 5.92 Å². The number of allylic oxidation sites excluding steroid dienone is 4. The van der Waals surface area contributed by atoms with E-state index in [9.17, 15) is 9.90 Å². The fraction of sp³-hybridized carbons (Fsp3) is 0.333. The van der Waals surface area contributed by atoms with Gasteiger partial charge in [-0.1, -0.05) is 25.2 Å². The number of hydrogen-bond donors (Lipinski definition) is 2. The molecular formula is C24H27N3O3. The van der Waals surface area contributed by atoms with Crippen molar-refractivity contribution in [1.29, 1.82) is 0 Å². The zero-order valence-corrected chi connectivity index (χ0v) is 17.7. The molecule has 6 heteroatoms. The van der Waals surface area contributed by atoms with Gasteiger partial charge in [-0.15, -0.1) is 0 Å². The highest BCUT2D eigenvalue weighted by Crippen LogP contribution is 2.34. The standard InChI is InChI=1S/C24H27N3O3/c1-14(2)27(4)23-22(25-19-10-9-17(24(28)29)11-20(19)26-23)21-12-18(13-30-21)16-7-5-15(3)6-8-16/h5,7-15,23,26H,6H2,1-4H3,(H,28,29). The monoisotopic (exact) mass is 405 g/mol. The molecule has 1 aliphatic carbocycles. The van der Waals surface area contributed by atoms with Crippen molar-refractivity contribution in [2.24, 2.45) is 10.9 Å². The summed E-state index contributed by atoms with van der Waals surface area (Å²) in [7, 11) is 2.02. The Hall–Kier alpha value is -3.12. The summed E-state index contributed by atoms with van der Waals surface area (Å²) in [6, 6.07) is 7.21. The number of aromatic carboxylic acids is 1. The third-order valence-corrected chi connectivity index (χ3v) is 5.76. The van der Waals surface area contributed by atoms with E-state index in [0.29, 0.717) is 23.1 Å². The fourth-order valence-corrected chi connectivity index (χ4v) is 3.63. The first-order valence-corrected chi connectivity index (χ1v) is 10.3. The molecule has 4 rings (SSSR count). The molecule has 2 heterocycles. The molecule has 0 fully saturated rings. The molecule has 30 heavy (non-hydrogen) atoms. The van der Waals surface area contributed by atoms with E-state index in [-0.39, 0.29) is 17.8 Å². The van der Waals surface area contributed by atoms with Crippen molar-refractivity contribution in [2.75, 3.05) is 12.4 Å². The van der Waals surface area contributed by atoms with E-state index < -0.39 is 5.97 Å². The van der Waals surface area contributed by atoms with Crippen molar-refractivity contribution < 1.29 is 14.3 Å². The maximum Gasteiger partial charge on any atom is 0.335 e. The molecule has 2 atom stereocenters. The van der Waals surface area contributed by atoms with Gasteiger partial charge in [-0.25, -0.2) is 9.79 Å². The number of rotatable bonds is 5. The van der Waals surface area contributed by atoms with E-state index >= 15 is 0 Å². The summed E-state index contributed by atoms with van der Waals surface area (Å²) in [5.41, 5.74) is 4.61. The van der Waals surface area contributed by atoms with Gasteiger partial charge in [-0.3, -0.25) is 4.90 Å². The largest absolute Gasteiger partial charge is 0.478 e. The van der Waals surface area contributed by atoms with Crippen LogP contribution in [0.2, 0.25) is 0 Å². The number of benzene rings is 1. The van der Waals surface area contributed by atoms with Gasteiger partial charge >= 0.3 is 5.97 Å². The van der Waals surface area contributed by atoms with Crippen LogP contribution in [0.15, 0.2) is 58.2 Å². The second-order valence-electron chi connectivity index (χ2n) is 8.27. The van der Waals surface area contributed by atoms with Crippen LogP contribution in [0.1, 0.15) is 48.9 Å². The average Bonchev–Trinajstić information content (AvgIpc) is 3.22. The van der Waals surface area contributed by atoms with Crippen molar-refractivity contribution in [1.82, 2.24) is 4.90 Å². The van der Waals surface area contributed by atoms with Crippen LogP contribution in [0.5, 0.6) is 0 Å². The molecule has 1 aromatic heterocycles. The zero-order chi connectivity index (χ0) is 21.4. The van der Waals surface area contributed by atoms with Crippen LogP contribution in [-0.2, 0) is 0 Å². The molecule has 0 amide bonds. The molecule has 0 spiro atoms. The Bertz CT molecular complexity index is 1060. The van der Waals surface area contributed by atoms with Gasteiger partial charge in [0.15, 0.2) is 5.76 Å². The summed E-state index contributed by atoms with van der Waals surface area (Å²) < 4.78 is 5.96. The number of nitrogens with one attached hydrogen (secondary N) is 1. The minimum atomic E-state index is -0.957. The lowest BCUT2D eigenvalue weighted by Crippen LogP contribution is -2.49. The van der Waals surface area contributed by atoms with Crippen LogP contribution in [0.25, 0.3) is 5.57 Å². The number of carboxylic acid groups (broad SMARTS) is 1. The lowest BCUT2D eigenvalue weighted by Gasteiger charge is -2.35. The lowest BCUT2D eigenvalue weighted by molar-refractivity contribution is 0.0697. The maximum atomic E-state index is 11.4. The average molecular weight is 405 g/mol. The number of aliphatic imine (C=N–C) groups is 1. The number of nitrogens with zero attached hydrogens (tertiary/aromatic N) is 2. The zero-order valence-electron chi connectivity index (χ0n) is 17.7. The summed E-state index contributed by atoms with van der Waals surface area (Å²) in [6.07, 6.45) is 9.15. The Morgan fingerprint density at radius 3 is 2.80 bits per heavy atom. The highest BCUT2D eigenvalue weighted by Gasteiger charge is 2.31. The van der Waals surface area contributed by atoms with E-state index in [0.717, 1.165) is 23.3 Å². The van der Waals surface area contributed by atoms with Crippen LogP contribution in [0.3, 0.4) is 0 Å². The first-order valence-electron chi connectivity index (χ1n) is 10.3. The lowest BCUT2D eigenvalue weighted by atomic mass is 9.95. The van der Waals surface area contributed by atoms with Crippen LogP contribution in [0.4, 0.5) is 11.4 Å². The Labute approximate surface area is 176 Å². The van der Waals surface area contributed by atoms with Crippen molar-refractivity contribution in [3.05, 3.63) is 65.6 Å². The van der Waals surface area contributed by atoms with Crippen molar-refractivity contribution >= 4 is 28.6 Å². The highest BCUT2D eigenvalue weighted by molar-refractivity contribution is 6.08. The van der Waals surface area contributed by atoms with E-state index in [4.69, 9.17) is 9.41 Å². The first-order chi connectivity index (χ1) is 14.3. The topological polar surface area (TPSA) is 78.1 Å². The third-order valence-electron chi connectivity index (χ3n) is 5.76. The predicted octanol–water partition coefficient (Wildman–Crippen LogP) is 5.17. The molecule has 6 nitrogen and oxygen atoms in total. The first kappa shape index (κ1) is 20.2. The molecule has 1 aliphatic heterocycles. The van der Waals surface area contributed by atoms with Crippen LogP contribution >= 0.6 is 0 Å². The molecule has 2 aromatic rings. The van der Waals surface area contributed by atoms with Crippen molar-refractivity contribution in [2.45, 2.75) is 39.4 Å². The molecule has 0 saturated carbocycles. The Morgan fingerprint density at radius 1 is 1.33 bits per heavy atom. The summed E-state index contributed by atoms with van der Waals surface area (Å²) in [4.78, 5) is 18.4. The molecule has 0 radical (unpaired) electrons. The minimum absolute atomic E-state index is 0.233. The number of furan rings is 1. The summed E-state index contributed by atoms with van der Waals surface area (Å²) in [6.45, 7) is 6.41. The summed E-state index contributed by atoms with van der Waals surface area (Å²) >= 11 is 0. The quantitative estimate of drug-likeness (QED) is 0.717. The molecule has 2 N–H and O–H groups in total. The van der Waals surface area contributed by atoms with Gasteiger partial charge in [0.1, 0.15) is 11.9 Å². The van der Waals surface area contributed by atoms with Gasteiger partial charge in [0.2, 0.25) is 0 Å². The number of carbonyl (C=O) groups is 1. The van der Waals surface area contributed by atoms with E-state index in [1.54, 1.807) is 24.5 Å². The van der Waals surface area contributed by atoms with E-state index in [2.05, 4.69) is 49.2 Å². The predicted molar refractivity (Wildman–Crippen MR) is 120 cm³/mol. The summed E-state index contributed by atoms with van der Waals surface area (Å²) in [5, 5.41) is 12.8. The number of likely N-dealkylation sites (N-methyl/N-ethyl adjacent to an activating group) is 1. The molecule has 0 saturated heterocycles. The number of anilines is 1. The minimum Gasteiger partial charge on any atom is -0.478 e. The number of fused-ring (bicyclic) bond motifs is 1. The Morgan fingerprint density at radius 2 is 2.13 bits per heavy atom. The number of hydrogen-bond acceptors (Lipinski definition) is 5. The van der Waals surface area contributed by atoms with Crippen molar-refractivity contribution in [3.8, 4) is 0 Å². The van der Waals surface area contributed by atoms with Crippen LogP contribution in [-0.4, -0.2) is 40.9 Å². The van der Waals surface area contributed by atoms with Crippen molar-refractivity contribution in [3.63, 3.8) is 0 Å². The Kier molecular flexibility index (Phi) is 5.35. The highest BCUT2D eigenvalue weighted by atomic mass is 16.4. The molecular weight excluding hydrogens is 378 g/mol.